The maximum Gasteiger partial charge on any atom is 0.407 e. The number of ether oxygens (including phenoxy) is 1. The van der Waals surface area contributed by atoms with Gasteiger partial charge in [0.2, 0.25) is 5.91 Å². The largest absolute Gasteiger partial charge is 0.481 e. The molecule has 1 fully saturated rings. The number of alkyl carbamates (subject to hydrolysis) is 1. The number of carbonyl (C=O) groups excluding carboxylic acids is 2. The van der Waals surface area contributed by atoms with Crippen LogP contribution in [0.4, 0.5) is 4.79 Å². The van der Waals surface area contributed by atoms with E-state index in [-0.39, 0.29) is 36.9 Å². The molecule has 2 aliphatic carbocycles. The SMILES string of the molecule is CC(CNC(=O)C[C@H]1CC[C@@H](NC(=O)OCC2c3ccccc3-c3ccccc32)C1)C(=O)O. The van der Waals surface area contributed by atoms with E-state index in [1.807, 2.05) is 24.3 Å². The first kappa shape index (κ1) is 22.8. The van der Waals surface area contributed by atoms with E-state index in [1.165, 1.54) is 22.3 Å². The van der Waals surface area contributed by atoms with Crippen molar-refractivity contribution in [3.8, 4) is 11.1 Å². The molecule has 2 amide bonds. The standard InChI is InChI=1S/C26H30N2O5/c1-16(25(30)31)14-27-24(29)13-17-10-11-18(12-17)28-26(32)33-15-23-21-8-4-2-6-19(21)20-7-3-5-9-22(20)23/h2-9,16-18,23H,10-15H2,1H3,(H,27,29)(H,28,32)(H,30,31)/t16?,17-,18+/m0/s1. The van der Waals surface area contributed by atoms with E-state index in [0.717, 1.165) is 12.8 Å². The van der Waals surface area contributed by atoms with Crippen LogP contribution in [0.5, 0.6) is 0 Å². The number of carboxylic acid groups (broad SMARTS) is 1. The lowest BCUT2D eigenvalue weighted by molar-refractivity contribution is -0.141. The first-order chi connectivity index (χ1) is 15.9. The number of benzene rings is 2. The Hall–Kier alpha value is -3.35. The summed E-state index contributed by atoms with van der Waals surface area (Å²) in [6.45, 7) is 1.97. The fourth-order valence-corrected chi connectivity index (χ4v) is 4.89. The summed E-state index contributed by atoms with van der Waals surface area (Å²) in [5.74, 6) is -1.49. The average Bonchev–Trinajstić information content (AvgIpc) is 3.37. The molecule has 0 bridgehead atoms. The van der Waals surface area contributed by atoms with Crippen molar-refractivity contribution in [2.75, 3.05) is 13.2 Å². The smallest absolute Gasteiger partial charge is 0.407 e. The van der Waals surface area contributed by atoms with Crippen LogP contribution < -0.4 is 10.6 Å². The van der Waals surface area contributed by atoms with Crippen molar-refractivity contribution < 1.29 is 24.2 Å². The number of carbonyl (C=O) groups is 3. The van der Waals surface area contributed by atoms with Gasteiger partial charge in [-0.15, -0.1) is 0 Å². The van der Waals surface area contributed by atoms with Gasteiger partial charge in [0.05, 0.1) is 5.92 Å². The molecule has 0 aromatic heterocycles. The maximum atomic E-state index is 12.5. The van der Waals surface area contributed by atoms with Crippen LogP contribution in [-0.4, -0.2) is 42.3 Å². The van der Waals surface area contributed by atoms with Gasteiger partial charge in [0.1, 0.15) is 6.61 Å². The zero-order valence-electron chi connectivity index (χ0n) is 18.8. The highest BCUT2D eigenvalue weighted by atomic mass is 16.5. The summed E-state index contributed by atoms with van der Waals surface area (Å²) in [4.78, 5) is 35.4. The quantitative estimate of drug-likeness (QED) is 0.565. The zero-order valence-corrected chi connectivity index (χ0v) is 18.8. The number of nitrogens with one attached hydrogen (secondary N) is 2. The number of hydrogen-bond acceptors (Lipinski definition) is 4. The van der Waals surface area contributed by atoms with Crippen LogP contribution in [0.2, 0.25) is 0 Å². The lowest BCUT2D eigenvalue weighted by atomic mass is 9.98. The Morgan fingerprint density at radius 3 is 2.30 bits per heavy atom. The number of hydrogen-bond donors (Lipinski definition) is 3. The molecule has 1 unspecified atom stereocenters. The van der Waals surface area contributed by atoms with Gasteiger partial charge in [0.25, 0.3) is 0 Å². The number of rotatable bonds is 8. The predicted octanol–water partition coefficient (Wildman–Crippen LogP) is 3.92. The topological polar surface area (TPSA) is 105 Å². The Morgan fingerprint density at radius 2 is 1.67 bits per heavy atom. The Labute approximate surface area is 193 Å². The molecular weight excluding hydrogens is 420 g/mol. The molecule has 4 rings (SSSR count). The summed E-state index contributed by atoms with van der Waals surface area (Å²) in [6, 6.07) is 16.4. The number of carboxylic acids is 1. The van der Waals surface area contributed by atoms with Crippen LogP contribution in [0.3, 0.4) is 0 Å². The minimum atomic E-state index is -0.927. The van der Waals surface area contributed by atoms with Crippen LogP contribution in [0.1, 0.15) is 49.7 Å². The molecule has 0 radical (unpaired) electrons. The molecule has 3 N–H and O–H groups in total. The average molecular weight is 451 g/mol. The van der Waals surface area contributed by atoms with Crippen molar-refractivity contribution in [2.45, 2.75) is 44.6 Å². The summed E-state index contributed by atoms with van der Waals surface area (Å²) < 4.78 is 5.62. The van der Waals surface area contributed by atoms with Crippen molar-refractivity contribution in [3.63, 3.8) is 0 Å². The first-order valence-electron chi connectivity index (χ1n) is 11.5. The Morgan fingerprint density at radius 1 is 1.03 bits per heavy atom. The molecule has 174 valence electrons. The monoisotopic (exact) mass is 450 g/mol. The molecular formula is C26H30N2O5. The molecule has 2 aliphatic rings. The highest BCUT2D eigenvalue weighted by Crippen LogP contribution is 2.44. The van der Waals surface area contributed by atoms with Crippen LogP contribution in [-0.2, 0) is 14.3 Å². The fraction of sp³-hybridized carbons (Fsp3) is 0.423. The molecule has 7 heteroatoms. The molecule has 0 aliphatic heterocycles. The van der Waals surface area contributed by atoms with E-state index in [2.05, 4.69) is 34.9 Å². The second-order valence-electron chi connectivity index (χ2n) is 9.09. The maximum absolute atomic E-state index is 12.5. The minimum Gasteiger partial charge on any atom is -0.481 e. The van der Waals surface area contributed by atoms with Gasteiger partial charge in [-0.2, -0.15) is 0 Å². The van der Waals surface area contributed by atoms with Crippen molar-refractivity contribution in [3.05, 3.63) is 59.7 Å². The van der Waals surface area contributed by atoms with Crippen molar-refractivity contribution in [1.29, 1.82) is 0 Å². The number of fused-ring (bicyclic) bond motifs is 3. The fourth-order valence-electron chi connectivity index (χ4n) is 4.89. The van der Waals surface area contributed by atoms with Gasteiger partial charge in [0.15, 0.2) is 0 Å². The van der Waals surface area contributed by atoms with E-state index in [0.29, 0.717) is 12.8 Å². The van der Waals surface area contributed by atoms with Gasteiger partial charge in [-0.25, -0.2) is 4.79 Å². The van der Waals surface area contributed by atoms with E-state index in [9.17, 15) is 14.4 Å². The lowest BCUT2D eigenvalue weighted by Crippen LogP contribution is -2.35. The molecule has 2 aromatic rings. The molecule has 0 heterocycles. The highest BCUT2D eigenvalue weighted by molar-refractivity contribution is 5.79. The Kier molecular flexibility index (Phi) is 6.96. The van der Waals surface area contributed by atoms with E-state index >= 15 is 0 Å². The third-order valence-corrected chi connectivity index (χ3v) is 6.71. The Bertz CT molecular complexity index is 991. The van der Waals surface area contributed by atoms with Crippen LogP contribution in [0, 0.1) is 11.8 Å². The normalized spacial score (nSPS) is 19.9. The van der Waals surface area contributed by atoms with E-state index in [4.69, 9.17) is 9.84 Å². The summed E-state index contributed by atoms with van der Waals surface area (Å²) >= 11 is 0. The Balaban J connectivity index is 1.24. The summed E-state index contributed by atoms with van der Waals surface area (Å²) in [7, 11) is 0. The minimum absolute atomic E-state index is 0.0172. The van der Waals surface area contributed by atoms with Gasteiger partial charge >= 0.3 is 12.1 Å². The zero-order chi connectivity index (χ0) is 23.4. The van der Waals surface area contributed by atoms with Gasteiger partial charge in [0, 0.05) is 24.9 Å². The van der Waals surface area contributed by atoms with E-state index in [1.54, 1.807) is 6.92 Å². The second kappa shape index (κ2) is 10.1. The number of aliphatic carboxylic acids is 1. The summed E-state index contributed by atoms with van der Waals surface area (Å²) in [6.07, 6.45) is 2.27. The molecule has 2 aromatic carbocycles. The molecule has 0 spiro atoms. The molecule has 3 atom stereocenters. The summed E-state index contributed by atoms with van der Waals surface area (Å²) in [5, 5.41) is 14.5. The van der Waals surface area contributed by atoms with Crippen LogP contribution in [0.15, 0.2) is 48.5 Å². The molecule has 1 saturated carbocycles. The molecule has 7 nitrogen and oxygen atoms in total. The molecule has 0 saturated heterocycles. The third-order valence-electron chi connectivity index (χ3n) is 6.71. The third kappa shape index (κ3) is 5.35. The van der Waals surface area contributed by atoms with Crippen molar-refractivity contribution in [1.82, 2.24) is 10.6 Å². The van der Waals surface area contributed by atoms with Gasteiger partial charge in [-0.1, -0.05) is 55.5 Å². The van der Waals surface area contributed by atoms with Gasteiger partial charge < -0.3 is 20.5 Å². The van der Waals surface area contributed by atoms with Crippen LogP contribution in [0.25, 0.3) is 11.1 Å². The van der Waals surface area contributed by atoms with Gasteiger partial charge in [-0.3, -0.25) is 9.59 Å². The second-order valence-corrected chi connectivity index (χ2v) is 9.09. The summed E-state index contributed by atoms with van der Waals surface area (Å²) in [5.41, 5.74) is 4.74. The molecule has 33 heavy (non-hydrogen) atoms. The van der Waals surface area contributed by atoms with Crippen molar-refractivity contribution >= 4 is 18.0 Å². The van der Waals surface area contributed by atoms with Crippen molar-refractivity contribution in [2.24, 2.45) is 11.8 Å². The first-order valence-corrected chi connectivity index (χ1v) is 11.5. The highest BCUT2D eigenvalue weighted by Gasteiger charge is 2.31. The lowest BCUT2D eigenvalue weighted by Gasteiger charge is -2.17. The van der Waals surface area contributed by atoms with Gasteiger partial charge in [-0.05, 0) is 47.4 Å². The predicted molar refractivity (Wildman–Crippen MR) is 124 cm³/mol. The van der Waals surface area contributed by atoms with Crippen LogP contribution >= 0.6 is 0 Å². The van der Waals surface area contributed by atoms with E-state index < -0.39 is 18.0 Å². The number of amides is 2.